The van der Waals surface area contributed by atoms with Crippen LogP contribution in [0.4, 0.5) is 4.79 Å². The Bertz CT molecular complexity index is 1150. The van der Waals surface area contributed by atoms with Crippen LogP contribution in [0.2, 0.25) is 18.1 Å². The van der Waals surface area contributed by atoms with Crippen LogP contribution >= 0.6 is 0 Å². The maximum Gasteiger partial charge on any atom is 0.435 e. The molecule has 0 aliphatic carbocycles. The molecule has 3 aliphatic heterocycles. The van der Waals surface area contributed by atoms with Crippen molar-refractivity contribution in [2.45, 2.75) is 90.2 Å². The molecule has 3 aliphatic rings. The van der Waals surface area contributed by atoms with Gasteiger partial charge >= 0.3 is 12.1 Å². The van der Waals surface area contributed by atoms with E-state index < -0.39 is 20.4 Å². The highest BCUT2D eigenvalue weighted by Crippen LogP contribution is 2.48. The van der Waals surface area contributed by atoms with Gasteiger partial charge in [-0.05, 0) is 56.0 Å². The van der Waals surface area contributed by atoms with Crippen LogP contribution in [0.1, 0.15) is 53.9 Å². The Morgan fingerprint density at radius 2 is 1.80 bits per heavy atom. The highest BCUT2D eigenvalue weighted by Gasteiger charge is 2.58. The molecule has 0 aromatic rings. The number of amidine groups is 1. The monoisotopic (exact) mass is 571 g/mol. The molecule has 0 spiro atoms. The summed E-state index contributed by atoms with van der Waals surface area (Å²) >= 11 is 0. The van der Waals surface area contributed by atoms with Gasteiger partial charge in [-0.1, -0.05) is 52.2 Å². The van der Waals surface area contributed by atoms with Gasteiger partial charge in [0.1, 0.15) is 24.7 Å². The minimum Gasteiger partial charge on any atom is -0.457 e. The zero-order valence-corrected chi connectivity index (χ0v) is 26.3. The van der Waals surface area contributed by atoms with E-state index >= 15 is 0 Å². The minimum atomic E-state index is -2.09. The fourth-order valence-electron chi connectivity index (χ4n) is 5.34. The third kappa shape index (κ3) is 6.33. The first-order valence-corrected chi connectivity index (χ1v) is 16.8. The zero-order chi connectivity index (χ0) is 30.0. The maximum atomic E-state index is 13.5. The first-order chi connectivity index (χ1) is 18.6. The number of hydrogen-bond donors (Lipinski definition) is 0. The first-order valence-electron chi connectivity index (χ1n) is 13.9. The second kappa shape index (κ2) is 12.3. The summed E-state index contributed by atoms with van der Waals surface area (Å²) in [6, 6.07) is -0.181. The van der Waals surface area contributed by atoms with E-state index in [-0.39, 0.29) is 48.3 Å². The summed E-state index contributed by atoms with van der Waals surface area (Å²) in [6.07, 6.45) is 6.12. The number of nitrogens with zero attached hydrogens (tertiary/aromatic N) is 3. The molecule has 220 valence electrons. The second-order valence-electron chi connectivity index (χ2n) is 12.3. The van der Waals surface area contributed by atoms with Crippen molar-refractivity contribution in [3.05, 3.63) is 48.2 Å². The first kappa shape index (κ1) is 31.5. The SMILES string of the molecule is C=CCOC(=O)N=C1CC[C@@H](C=C(C)C2=C(C(=O)OCC=C)N3C(=O)[C@H]([C@@H](C)O[Si](C)(C)C(C)(C)C)[C@H]3C2)N1C. The van der Waals surface area contributed by atoms with Gasteiger partial charge in [0.15, 0.2) is 8.32 Å². The van der Waals surface area contributed by atoms with Crippen molar-refractivity contribution >= 4 is 32.1 Å². The summed E-state index contributed by atoms with van der Waals surface area (Å²) in [5.41, 5.74) is 2.01. The standard InChI is InChI=1S/C30H45N3O6Si/c1-11-15-37-28(35)26-22(19(3)17-21-13-14-24(32(21)8)31-29(36)38-16-12-2)18-23-25(27(34)33(23)26)20(4)39-40(9,10)30(5,6)7/h11-12,17,20-21,23,25H,1-2,13-16,18H2,3-10H3/t20-,21+,23-,25-/m1/s1. The molecule has 0 aromatic heterocycles. The molecule has 2 fully saturated rings. The predicted molar refractivity (Wildman–Crippen MR) is 158 cm³/mol. The van der Waals surface area contributed by atoms with E-state index in [0.29, 0.717) is 24.4 Å². The van der Waals surface area contributed by atoms with E-state index in [0.717, 1.165) is 17.6 Å². The number of fused-ring (bicyclic) bond motifs is 1. The van der Waals surface area contributed by atoms with Crippen molar-refractivity contribution in [2.75, 3.05) is 20.3 Å². The number of carbonyl (C=O) groups excluding carboxylic acids is 3. The van der Waals surface area contributed by atoms with Gasteiger partial charge in [0.05, 0.1) is 18.1 Å². The second-order valence-corrected chi connectivity index (χ2v) is 17.0. The lowest BCUT2D eigenvalue weighted by atomic mass is 9.82. The Balaban J connectivity index is 1.85. The van der Waals surface area contributed by atoms with Crippen LogP contribution in [0.25, 0.3) is 0 Å². The third-order valence-electron chi connectivity index (χ3n) is 8.56. The summed E-state index contributed by atoms with van der Waals surface area (Å²) in [7, 11) is -0.208. The fourth-order valence-corrected chi connectivity index (χ4v) is 6.77. The Morgan fingerprint density at radius 1 is 1.18 bits per heavy atom. The minimum absolute atomic E-state index is 0.0175. The summed E-state index contributed by atoms with van der Waals surface area (Å²) in [5, 5.41) is 0.0175. The van der Waals surface area contributed by atoms with Gasteiger partial charge in [-0.25, -0.2) is 9.59 Å². The Labute approximate surface area is 239 Å². The van der Waals surface area contributed by atoms with Gasteiger partial charge in [-0.15, -0.1) is 0 Å². The number of hydrogen-bond acceptors (Lipinski definition) is 6. The zero-order valence-electron chi connectivity index (χ0n) is 25.3. The lowest BCUT2D eigenvalue weighted by Gasteiger charge is -2.48. The molecule has 0 radical (unpaired) electrons. The van der Waals surface area contributed by atoms with E-state index in [4.69, 9.17) is 13.9 Å². The molecule has 2 saturated heterocycles. The molecule has 0 bridgehead atoms. The smallest absolute Gasteiger partial charge is 0.435 e. The summed E-state index contributed by atoms with van der Waals surface area (Å²) < 4.78 is 17.0. The molecule has 0 N–H and O–H groups in total. The van der Waals surface area contributed by atoms with Crippen molar-refractivity contribution in [3.8, 4) is 0 Å². The molecule has 2 amide bonds. The quantitative estimate of drug-likeness (QED) is 0.150. The van der Waals surface area contributed by atoms with E-state index in [2.05, 4.69) is 58.1 Å². The van der Waals surface area contributed by atoms with Crippen LogP contribution in [0.5, 0.6) is 0 Å². The Morgan fingerprint density at radius 3 is 2.40 bits per heavy atom. The van der Waals surface area contributed by atoms with Gasteiger partial charge < -0.3 is 23.7 Å². The topological polar surface area (TPSA) is 97.7 Å². The number of esters is 1. The lowest BCUT2D eigenvalue weighted by molar-refractivity contribution is -0.161. The molecular formula is C30H45N3O6Si. The average Bonchev–Trinajstić information content (AvgIpc) is 3.38. The van der Waals surface area contributed by atoms with Gasteiger partial charge in [-0.2, -0.15) is 4.99 Å². The van der Waals surface area contributed by atoms with Gasteiger partial charge in [0.2, 0.25) is 5.91 Å². The normalized spacial score (nSPS) is 25.1. The van der Waals surface area contributed by atoms with Crippen molar-refractivity contribution in [1.82, 2.24) is 9.80 Å². The number of β-lactam (4-membered cyclic amide) rings is 1. The number of likely N-dealkylation sites (N-methyl/N-ethyl adjacent to an activating group) is 1. The fraction of sp³-hybridized carbons (Fsp3) is 0.600. The molecule has 4 atom stereocenters. The van der Waals surface area contributed by atoms with Gasteiger partial charge in [-0.3, -0.25) is 4.79 Å². The van der Waals surface area contributed by atoms with E-state index in [1.807, 2.05) is 25.8 Å². The molecule has 0 saturated carbocycles. The lowest BCUT2D eigenvalue weighted by Crippen LogP contribution is -2.63. The van der Waals surface area contributed by atoms with Crippen LogP contribution < -0.4 is 0 Å². The number of ether oxygens (including phenoxy) is 2. The Kier molecular flexibility index (Phi) is 9.67. The molecule has 40 heavy (non-hydrogen) atoms. The highest BCUT2D eigenvalue weighted by molar-refractivity contribution is 6.74. The van der Waals surface area contributed by atoms with Gasteiger partial charge in [0.25, 0.3) is 0 Å². The van der Waals surface area contributed by atoms with E-state index in [1.165, 1.54) is 12.2 Å². The van der Waals surface area contributed by atoms with E-state index in [9.17, 15) is 14.4 Å². The largest absolute Gasteiger partial charge is 0.457 e. The van der Waals surface area contributed by atoms with Crippen LogP contribution in [0.3, 0.4) is 0 Å². The van der Waals surface area contributed by atoms with E-state index in [1.54, 1.807) is 4.90 Å². The van der Waals surface area contributed by atoms with Crippen molar-refractivity contribution < 1.29 is 28.3 Å². The van der Waals surface area contributed by atoms with Crippen LogP contribution in [0, 0.1) is 5.92 Å². The number of carbonyl (C=O) groups is 3. The third-order valence-corrected chi connectivity index (χ3v) is 13.1. The molecular weight excluding hydrogens is 526 g/mol. The Hall–Kier alpha value is -2.98. The number of amides is 2. The summed E-state index contributed by atoms with van der Waals surface area (Å²) in [6.45, 7) is 22.2. The number of allylic oxidation sites excluding steroid dienone is 1. The summed E-state index contributed by atoms with van der Waals surface area (Å²) in [5.74, 6) is -0.308. The molecule has 3 heterocycles. The van der Waals surface area contributed by atoms with Crippen LogP contribution in [0.15, 0.2) is 53.2 Å². The maximum absolute atomic E-state index is 13.5. The highest BCUT2D eigenvalue weighted by atomic mass is 28.4. The van der Waals surface area contributed by atoms with Crippen LogP contribution in [-0.2, 0) is 23.5 Å². The number of rotatable bonds is 10. The van der Waals surface area contributed by atoms with Crippen molar-refractivity contribution in [2.24, 2.45) is 10.9 Å². The average molecular weight is 572 g/mol. The molecule has 0 aromatic carbocycles. The molecule has 10 heteroatoms. The molecule has 0 unspecified atom stereocenters. The van der Waals surface area contributed by atoms with Crippen molar-refractivity contribution in [3.63, 3.8) is 0 Å². The van der Waals surface area contributed by atoms with Crippen LogP contribution in [-0.4, -0.2) is 80.4 Å². The summed E-state index contributed by atoms with van der Waals surface area (Å²) in [4.78, 5) is 46.3. The van der Waals surface area contributed by atoms with Crippen molar-refractivity contribution in [1.29, 1.82) is 0 Å². The van der Waals surface area contributed by atoms with Gasteiger partial charge in [0, 0.05) is 19.5 Å². The number of aliphatic imine (C=N–C) groups is 1. The molecule has 9 nitrogen and oxygen atoms in total. The number of likely N-dealkylation sites (tertiary alicyclic amines) is 1. The molecule has 3 rings (SSSR count). The predicted octanol–water partition coefficient (Wildman–Crippen LogP) is 5.37.